The van der Waals surface area contributed by atoms with Crippen LogP contribution in [0.4, 0.5) is 16.4 Å². The normalized spacial score (nSPS) is 15.7. The number of aromatic nitrogens is 2. The molecule has 2 aromatic carbocycles. The molecule has 1 aliphatic rings. The summed E-state index contributed by atoms with van der Waals surface area (Å²) in [6, 6.07) is 11.8. The van der Waals surface area contributed by atoms with E-state index in [1.165, 1.54) is 23.4 Å². The molecule has 3 amide bonds. The number of rotatable bonds is 5. The van der Waals surface area contributed by atoms with Crippen molar-refractivity contribution in [2.24, 2.45) is 5.14 Å². The minimum atomic E-state index is -3.94. The van der Waals surface area contributed by atoms with Crippen molar-refractivity contribution < 1.29 is 18.0 Å². The van der Waals surface area contributed by atoms with E-state index in [-0.39, 0.29) is 10.8 Å². The fourth-order valence-corrected chi connectivity index (χ4v) is 4.58. The highest BCUT2D eigenvalue weighted by molar-refractivity contribution is 7.89. The molecule has 4 rings (SSSR count). The third-order valence-electron chi connectivity index (χ3n) is 5.30. The lowest BCUT2D eigenvalue weighted by molar-refractivity contribution is -0.119. The zero-order chi connectivity index (χ0) is 24.3. The Balaban J connectivity index is 1.44. The first-order chi connectivity index (χ1) is 16.2. The molecule has 3 aromatic rings. The summed E-state index contributed by atoms with van der Waals surface area (Å²) in [4.78, 5) is 35.2. The van der Waals surface area contributed by atoms with Crippen LogP contribution in [0.5, 0.6) is 0 Å². The van der Waals surface area contributed by atoms with E-state index in [1.54, 1.807) is 42.5 Å². The van der Waals surface area contributed by atoms with Gasteiger partial charge in [-0.05, 0) is 43.2 Å². The van der Waals surface area contributed by atoms with Crippen molar-refractivity contribution in [3.8, 4) is 11.1 Å². The number of halogens is 1. The monoisotopic (exact) mass is 500 g/mol. The number of benzene rings is 2. The Morgan fingerprint density at radius 3 is 2.38 bits per heavy atom. The van der Waals surface area contributed by atoms with Crippen molar-refractivity contribution in [2.75, 3.05) is 17.2 Å². The van der Waals surface area contributed by atoms with Crippen molar-refractivity contribution in [2.45, 2.75) is 23.8 Å². The molecule has 0 bridgehead atoms. The Morgan fingerprint density at radius 1 is 1.03 bits per heavy atom. The smallest absolute Gasteiger partial charge is 0.312 e. The summed E-state index contributed by atoms with van der Waals surface area (Å²) >= 11 is 5.87. The van der Waals surface area contributed by atoms with Crippen LogP contribution in [-0.2, 0) is 14.8 Å². The van der Waals surface area contributed by atoms with E-state index in [4.69, 9.17) is 16.7 Å². The van der Waals surface area contributed by atoms with Gasteiger partial charge >= 0.3 is 6.03 Å². The SMILES string of the molecule is NS(=O)(=O)c1ccccc1-c1cnc(NC(=O)C2CCCN2C(=O)Nc2ccc(Cl)cc2)nc1. The fraction of sp³-hybridized carbons (Fsp3) is 0.182. The summed E-state index contributed by atoms with van der Waals surface area (Å²) in [5, 5.41) is 11.2. The van der Waals surface area contributed by atoms with E-state index >= 15 is 0 Å². The molecule has 34 heavy (non-hydrogen) atoms. The number of carbonyl (C=O) groups excluding carboxylic acids is 2. The molecule has 1 aromatic heterocycles. The van der Waals surface area contributed by atoms with Crippen LogP contribution in [0.25, 0.3) is 11.1 Å². The standard InChI is InChI=1S/C22H21ClN6O4S/c23-15-7-9-16(10-8-15)27-22(31)29-11-3-5-18(29)20(30)28-21-25-12-14(13-26-21)17-4-1-2-6-19(17)34(24,32)33/h1-2,4,6-10,12-13,18H,3,5,11H2,(H,27,31)(H2,24,32,33)(H,25,26,28,30). The number of hydrogen-bond donors (Lipinski definition) is 3. The van der Waals surface area contributed by atoms with Crippen LogP contribution >= 0.6 is 11.6 Å². The number of carbonyl (C=O) groups is 2. The third kappa shape index (κ3) is 5.33. The number of amides is 3. The Labute approximate surface area is 201 Å². The molecular formula is C22H21ClN6O4S. The van der Waals surface area contributed by atoms with Gasteiger partial charge in [0.2, 0.25) is 21.9 Å². The number of hydrogen-bond acceptors (Lipinski definition) is 6. The molecule has 1 unspecified atom stereocenters. The maximum absolute atomic E-state index is 12.8. The van der Waals surface area contributed by atoms with Crippen molar-refractivity contribution >= 4 is 45.2 Å². The fourth-order valence-electron chi connectivity index (χ4n) is 3.69. The summed E-state index contributed by atoms with van der Waals surface area (Å²) in [5.74, 6) is -0.381. The second kappa shape index (κ2) is 9.75. The molecule has 12 heteroatoms. The van der Waals surface area contributed by atoms with Gasteiger partial charge in [-0.2, -0.15) is 0 Å². The van der Waals surface area contributed by atoms with Crippen LogP contribution in [0.2, 0.25) is 5.02 Å². The summed E-state index contributed by atoms with van der Waals surface area (Å²) in [6.07, 6.45) is 3.97. The van der Waals surface area contributed by atoms with Gasteiger partial charge in [0.25, 0.3) is 0 Å². The highest BCUT2D eigenvalue weighted by Crippen LogP contribution is 2.26. The number of nitrogens with zero attached hydrogens (tertiary/aromatic N) is 3. The molecule has 0 aliphatic carbocycles. The second-order valence-electron chi connectivity index (χ2n) is 7.61. The summed E-state index contributed by atoms with van der Waals surface area (Å²) < 4.78 is 23.7. The molecule has 0 spiro atoms. The van der Waals surface area contributed by atoms with E-state index in [0.717, 1.165) is 0 Å². The second-order valence-corrected chi connectivity index (χ2v) is 9.58. The lowest BCUT2D eigenvalue weighted by Gasteiger charge is -2.24. The predicted octanol–water partition coefficient (Wildman–Crippen LogP) is 3.08. The Hall–Kier alpha value is -3.54. The van der Waals surface area contributed by atoms with Gasteiger partial charge < -0.3 is 10.2 Å². The number of nitrogens with one attached hydrogen (secondary N) is 2. The largest absolute Gasteiger partial charge is 0.322 e. The van der Waals surface area contributed by atoms with Crippen LogP contribution in [0.3, 0.4) is 0 Å². The van der Waals surface area contributed by atoms with Gasteiger partial charge in [-0.15, -0.1) is 0 Å². The molecule has 1 atom stereocenters. The average molecular weight is 501 g/mol. The van der Waals surface area contributed by atoms with Crippen molar-refractivity contribution in [1.82, 2.24) is 14.9 Å². The van der Waals surface area contributed by atoms with E-state index in [0.29, 0.717) is 41.2 Å². The zero-order valence-electron chi connectivity index (χ0n) is 17.8. The number of sulfonamides is 1. The lowest BCUT2D eigenvalue weighted by atomic mass is 10.1. The molecule has 0 saturated carbocycles. The minimum Gasteiger partial charge on any atom is -0.312 e. The molecule has 10 nitrogen and oxygen atoms in total. The molecule has 2 heterocycles. The van der Waals surface area contributed by atoms with E-state index in [9.17, 15) is 18.0 Å². The molecule has 4 N–H and O–H groups in total. The highest BCUT2D eigenvalue weighted by atomic mass is 35.5. The Morgan fingerprint density at radius 2 is 1.71 bits per heavy atom. The molecular weight excluding hydrogens is 480 g/mol. The van der Waals surface area contributed by atoms with Gasteiger partial charge in [-0.1, -0.05) is 29.8 Å². The number of anilines is 2. The molecule has 1 saturated heterocycles. The number of primary sulfonamides is 1. The maximum Gasteiger partial charge on any atom is 0.322 e. The topological polar surface area (TPSA) is 147 Å². The van der Waals surface area contributed by atoms with Crippen molar-refractivity contribution in [3.63, 3.8) is 0 Å². The highest BCUT2D eigenvalue weighted by Gasteiger charge is 2.34. The predicted molar refractivity (Wildman–Crippen MR) is 128 cm³/mol. The number of nitrogens with two attached hydrogens (primary N) is 1. The summed E-state index contributed by atoms with van der Waals surface area (Å²) in [5.41, 5.74) is 1.34. The first kappa shape index (κ1) is 23.6. The van der Waals surface area contributed by atoms with Gasteiger partial charge in [-0.3, -0.25) is 10.1 Å². The van der Waals surface area contributed by atoms with Gasteiger partial charge in [0.15, 0.2) is 0 Å². The van der Waals surface area contributed by atoms with Gasteiger partial charge in [-0.25, -0.2) is 28.3 Å². The molecule has 0 radical (unpaired) electrons. The molecule has 176 valence electrons. The first-order valence-corrected chi connectivity index (χ1v) is 12.2. The Kier molecular flexibility index (Phi) is 6.77. The Bertz CT molecular complexity index is 1320. The van der Waals surface area contributed by atoms with E-state index in [1.807, 2.05) is 0 Å². The third-order valence-corrected chi connectivity index (χ3v) is 6.52. The van der Waals surface area contributed by atoms with Crippen molar-refractivity contribution in [1.29, 1.82) is 0 Å². The van der Waals surface area contributed by atoms with Crippen LogP contribution in [0.1, 0.15) is 12.8 Å². The lowest BCUT2D eigenvalue weighted by Crippen LogP contribution is -2.45. The van der Waals surface area contributed by atoms with Crippen LogP contribution in [0.15, 0.2) is 65.8 Å². The quantitative estimate of drug-likeness (QED) is 0.490. The van der Waals surface area contributed by atoms with Gasteiger partial charge in [0.1, 0.15) is 6.04 Å². The van der Waals surface area contributed by atoms with Crippen LogP contribution < -0.4 is 15.8 Å². The van der Waals surface area contributed by atoms with Crippen LogP contribution in [-0.4, -0.2) is 47.8 Å². The number of urea groups is 1. The molecule has 1 aliphatic heterocycles. The van der Waals surface area contributed by atoms with Gasteiger partial charge in [0, 0.05) is 40.8 Å². The maximum atomic E-state index is 12.8. The first-order valence-electron chi connectivity index (χ1n) is 10.3. The summed E-state index contributed by atoms with van der Waals surface area (Å²) in [7, 11) is -3.94. The minimum absolute atomic E-state index is 0.0341. The number of likely N-dealkylation sites (tertiary alicyclic amines) is 1. The van der Waals surface area contributed by atoms with Gasteiger partial charge in [0.05, 0.1) is 4.90 Å². The van der Waals surface area contributed by atoms with Crippen molar-refractivity contribution in [3.05, 3.63) is 65.9 Å². The molecule has 1 fully saturated rings. The van der Waals surface area contributed by atoms with E-state index < -0.39 is 28.0 Å². The van der Waals surface area contributed by atoms with Crippen LogP contribution in [0, 0.1) is 0 Å². The van der Waals surface area contributed by atoms with E-state index in [2.05, 4.69) is 20.6 Å². The zero-order valence-corrected chi connectivity index (χ0v) is 19.4. The average Bonchev–Trinajstić information content (AvgIpc) is 3.31. The summed E-state index contributed by atoms with van der Waals surface area (Å²) in [6.45, 7) is 0.432.